The van der Waals surface area contributed by atoms with Gasteiger partial charge in [-0.05, 0) is 31.4 Å². The lowest BCUT2D eigenvalue weighted by Gasteiger charge is -2.47. The molecule has 2 aromatic rings. The van der Waals surface area contributed by atoms with Crippen LogP contribution in [0.2, 0.25) is 0 Å². The van der Waals surface area contributed by atoms with Crippen molar-refractivity contribution in [3.05, 3.63) is 18.4 Å². The molecule has 2 atom stereocenters. The van der Waals surface area contributed by atoms with E-state index in [2.05, 4.69) is 20.4 Å². The smallest absolute Gasteiger partial charge is 0.322 e. The lowest BCUT2D eigenvalue weighted by molar-refractivity contribution is -0.123. The number of rotatable bonds is 4. The van der Waals surface area contributed by atoms with Crippen molar-refractivity contribution >= 4 is 11.9 Å². The van der Waals surface area contributed by atoms with E-state index in [9.17, 15) is 9.90 Å². The maximum absolute atomic E-state index is 12.2. The second-order valence-corrected chi connectivity index (χ2v) is 6.97. The van der Waals surface area contributed by atoms with Crippen LogP contribution >= 0.6 is 0 Å². The zero-order chi connectivity index (χ0) is 17.3. The first-order chi connectivity index (χ1) is 12.1. The number of nitrogens with zero attached hydrogens (tertiary/aromatic N) is 3. The predicted molar refractivity (Wildman–Crippen MR) is 88.6 cm³/mol. The van der Waals surface area contributed by atoms with Crippen LogP contribution in [0.25, 0.3) is 11.7 Å². The van der Waals surface area contributed by atoms with E-state index in [1.165, 1.54) is 6.26 Å². The van der Waals surface area contributed by atoms with E-state index in [4.69, 9.17) is 8.83 Å². The highest BCUT2D eigenvalue weighted by molar-refractivity contribution is 5.90. The normalized spacial score (nSPS) is 27.0. The molecule has 2 N–H and O–H groups in total. The molecule has 0 radical (unpaired) electrons. The van der Waals surface area contributed by atoms with Crippen LogP contribution in [0.3, 0.4) is 0 Å². The van der Waals surface area contributed by atoms with Gasteiger partial charge in [0.1, 0.15) is 0 Å². The number of aliphatic hydroxyl groups is 1. The maximum atomic E-state index is 12.2. The molecule has 1 amide bonds. The van der Waals surface area contributed by atoms with Crippen molar-refractivity contribution < 1.29 is 18.7 Å². The van der Waals surface area contributed by atoms with Gasteiger partial charge in [-0.25, -0.2) is 0 Å². The summed E-state index contributed by atoms with van der Waals surface area (Å²) in [5.74, 6) is 0.749. The largest absolute Gasteiger partial charge is 0.459 e. The highest BCUT2D eigenvalue weighted by Crippen LogP contribution is 2.39. The Bertz CT molecular complexity index is 729. The Morgan fingerprint density at radius 2 is 2.32 bits per heavy atom. The summed E-state index contributed by atoms with van der Waals surface area (Å²) < 4.78 is 10.6. The Kier molecular flexibility index (Phi) is 4.30. The molecular weight excluding hydrogens is 324 g/mol. The number of likely N-dealkylation sites (tertiary alicyclic amines) is 1. The van der Waals surface area contributed by atoms with Gasteiger partial charge in [0.2, 0.25) is 5.91 Å². The molecule has 1 aliphatic carbocycles. The van der Waals surface area contributed by atoms with E-state index in [1.807, 2.05) is 0 Å². The van der Waals surface area contributed by atoms with Gasteiger partial charge in [0.25, 0.3) is 5.89 Å². The SMILES string of the molecule is O=C(CN1CCC2(O)CCCCC2C1)Nc1nnc(-c2ccco2)o1. The quantitative estimate of drug-likeness (QED) is 0.871. The third kappa shape index (κ3) is 3.45. The van der Waals surface area contributed by atoms with Crippen LogP contribution < -0.4 is 5.32 Å². The molecule has 1 saturated heterocycles. The van der Waals surface area contributed by atoms with Crippen LogP contribution in [-0.4, -0.2) is 51.3 Å². The lowest BCUT2D eigenvalue weighted by atomic mass is 9.71. The standard InChI is InChI=1S/C17H22N4O4/c22-14(18-16-20-19-15(25-16)13-5-3-9-24-13)11-21-8-7-17(23)6-2-1-4-12(17)10-21/h3,5,9,12,23H,1-2,4,6-8,10-11H2,(H,18,20,22). The molecule has 0 bridgehead atoms. The Hall–Kier alpha value is -2.19. The molecule has 2 fully saturated rings. The number of fused-ring (bicyclic) bond motifs is 1. The Morgan fingerprint density at radius 1 is 1.40 bits per heavy atom. The number of hydrogen-bond acceptors (Lipinski definition) is 7. The fourth-order valence-electron chi connectivity index (χ4n) is 3.92. The predicted octanol–water partition coefficient (Wildman–Crippen LogP) is 1.90. The van der Waals surface area contributed by atoms with Crippen LogP contribution in [0, 0.1) is 5.92 Å². The number of anilines is 1. The van der Waals surface area contributed by atoms with E-state index in [1.54, 1.807) is 12.1 Å². The van der Waals surface area contributed by atoms with Gasteiger partial charge >= 0.3 is 6.01 Å². The molecule has 2 unspecified atom stereocenters. The molecule has 8 heteroatoms. The summed E-state index contributed by atoms with van der Waals surface area (Å²) in [6.45, 7) is 1.73. The number of nitrogens with one attached hydrogen (secondary N) is 1. The van der Waals surface area contributed by atoms with E-state index in [0.717, 1.165) is 45.2 Å². The van der Waals surface area contributed by atoms with Crippen molar-refractivity contribution in [1.29, 1.82) is 0 Å². The highest BCUT2D eigenvalue weighted by atomic mass is 16.4. The van der Waals surface area contributed by atoms with E-state index >= 15 is 0 Å². The molecule has 1 saturated carbocycles. The van der Waals surface area contributed by atoms with Crippen LogP contribution in [-0.2, 0) is 4.79 Å². The number of carbonyl (C=O) groups is 1. The number of aromatic nitrogens is 2. The molecule has 3 heterocycles. The summed E-state index contributed by atoms with van der Waals surface area (Å²) in [6, 6.07) is 3.49. The summed E-state index contributed by atoms with van der Waals surface area (Å²) in [5, 5.41) is 21.0. The van der Waals surface area contributed by atoms with Gasteiger partial charge in [0.05, 0.1) is 18.4 Å². The number of amides is 1. The number of hydrogen-bond donors (Lipinski definition) is 2. The molecule has 2 aromatic heterocycles. The monoisotopic (exact) mass is 346 g/mol. The van der Waals surface area contributed by atoms with Gasteiger partial charge in [-0.1, -0.05) is 17.9 Å². The van der Waals surface area contributed by atoms with Crippen molar-refractivity contribution in [3.8, 4) is 11.7 Å². The zero-order valence-electron chi connectivity index (χ0n) is 14.0. The minimum absolute atomic E-state index is 0.0579. The van der Waals surface area contributed by atoms with Gasteiger partial charge in [-0.3, -0.25) is 15.0 Å². The number of piperidine rings is 1. The second-order valence-electron chi connectivity index (χ2n) is 6.97. The Morgan fingerprint density at radius 3 is 3.16 bits per heavy atom. The van der Waals surface area contributed by atoms with Gasteiger partial charge in [-0.15, -0.1) is 5.10 Å². The highest BCUT2D eigenvalue weighted by Gasteiger charge is 2.42. The van der Waals surface area contributed by atoms with Crippen molar-refractivity contribution in [3.63, 3.8) is 0 Å². The number of furan rings is 1. The maximum Gasteiger partial charge on any atom is 0.322 e. The molecule has 25 heavy (non-hydrogen) atoms. The van der Waals surface area contributed by atoms with Crippen molar-refractivity contribution in [2.45, 2.75) is 37.7 Å². The van der Waals surface area contributed by atoms with E-state index in [-0.39, 0.29) is 30.3 Å². The molecule has 2 aliphatic rings. The summed E-state index contributed by atoms with van der Waals surface area (Å²) in [7, 11) is 0. The second kappa shape index (κ2) is 6.61. The topological polar surface area (TPSA) is 105 Å². The molecule has 134 valence electrons. The minimum atomic E-state index is -0.532. The Balaban J connectivity index is 1.32. The zero-order valence-corrected chi connectivity index (χ0v) is 14.0. The first-order valence-electron chi connectivity index (χ1n) is 8.74. The molecule has 0 spiro atoms. The van der Waals surface area contributed by atoms with Crippen LogP contribution in [0.4, 0.5) is 6.01 Å². The molecular formula is C17H22N4O4. The average molecular weight is 346 g/mol. The summed E-state index contributed by atoms with van der Waals surface area (Å²) in [5.41, 5.74) is -0.532. The van der Waals surface area contributed by atoms with Crippen molar-refractivity contribution in [2.24, 2.45) is 5.92 Å². The van der Waals surface area contributed by atoms with Gasteiger partial charge in [0.15, 0.2) is 5.76 Å². The third-order valence-electron chi connectivity index (χ3n) is 5.28. The fourth-order valence-corrected chi connectivity index (χ4v) is 3.92. The van der Waals surface area contributed by atoms with Gasteiger partial charge in [0, 0.05) is 19.0 Å². The van der Waals surface area contributed by atoms with Gasteiger partial charge < -0.3 is 13.9 Å². The van der Waals surface area contributed by atoms with Crippen molar-refractivity contribution in [2.75, 3.05) is 25.0 Å². The minimum Gasteiger partial charge on any atom is -0.459 e. The van der Waals surface area contributed by atoms with Crippen LogP contribution in [0.1, 0.15) is 32.1 Å². The summed E-state index contributed by atoms with van der Waals surface area (Å²) in [6.07, 6.45) is 6.42. The first kappa shape index (κ1) is 16.3. The van der Waals surface area contributed by atoms with Crippen molar-refractivity contribution in [1.82, 2.24) is 15.1 Å². The Labute approximate surface area is 145 Å². The third-order valence-corrected chi connectivity index (χ3v) is 5.28. The molecule has 1 aliphatic heterocycles. The van der Waals surface area contributed by atoms with E-state index in [0.29, 0.717) is 5.76 Å². The molecule has 0 aromatic carbocycles. The lowest BCUT2D eigenvalue weighted by Crippen LogP contribution is -2.54. The molecule has 4 rings (SSSR count). The summed E-state index contributed by atoms with van der Waals surface area (Å²) in [4.78, 5) is 14.3. The number of carbonyl (C=O) groups excluding carboxylic acids is 1. The van der Waals surface area contributed by atoms with Gasteiger partial charge in [-0.2, -0.15) is 0 Å². The van der Waals surface area contributed by atoms with Crippen LogP contribution in [0.15, 0.2) is 27.2 Å². The fraction of sp³-hybridized carbons (Fsp3) is 0.588. The average Bonchev–Trinajstić information content (AvgIpc) is 3.26. The summed E-state index contributed by atoms with van der Waals surface area (Å²) >= 11 is 0. The molecule has 8 nitrogen and oxygen atoms in total. The van der Waals surface area contributed by atoms with E-state index < -0.39 is 5.60 Å². The van der Waals surface area contributed by atoms with Crippen LogP contribution in [0.5, 0.6) is 0 Å². The first-order valence-corrected chi connectivity index (χ1v) is 8.74.